The zero-order valence-electron chi connectivity index (χ0n) is 7.79. The van der Waals surface area contributed by atoms with Crippen molar-refractivity contribution in [2.75, 3.05) is 0 Å². The van der Waals surface area contributed by atoms with Crippen LogP contribution in [0.5, 0.6) is 0 Å². The van der Waals surface area contributed by atoms with Gasteiger partial charge in [-0.2, -0.15) is 0 Å². The summed E-state index contributed by atoms with van der Waals surface area (Å²) in [6.07, 6.45) is 2.65. The van der Waals surface area contributed by atoms with Crippen molar-refractivity contribution in [3.63, 3.8) is 0 Å². The number of rotatable bonds is 4. The minimum atomic E-state index is 0.685. The average Bonchev–Trinajstić information content (AvgIpc) is 2.16. The summed E-state index contributed by atoms with van der Waals surface area (Å²) in [6, 6.07) is 10.9. The van der Waals surface area contributed by atoms with Crippen LogP contribution in [0.1, 0.15) is 26.7 Å². The monoisotopic (exact) mass is 228 g/mol. The summed E-state index contributed by atoms with van der Waals surface area (Å²) < 4.78 is 1.54. The molecule has 0 aliphatic rings. The summed E-state index contributed by atoms with van der Waals surface area (Å²) in [5.74, 6) is 0. The van der Waals surface area contributed by atoms with E-state index in [0.717, 1.165) is 4.82 Å². The van der Waals surface area contributed by atoms with Gasteiger partial charge < -0.3 is 0 Å². The molecule has 1 rings (SSSR count). The van der Waals surface area contributed by atoms with Crippen molar-refractivity contribution in [3.05, 3.63) is 30.3 Å². The summed E-state index contributed by atoms with van der Waals surface area (Å²) in [4.78, 5) is 0.930. The molecule has 1 aromatic rings. The Labute approximate surface area is 81.5 Å². The van der Waals surface area contributed by atoms with E-state index in [2.05, 4.69) is 44.2 Å². The van der Waals surface area contributed by atoms with Gasteiger partial charge in [0, 0.05) is 0 Å². The number of hydrogen-bond acceptors (Lipinski definition) is 0. The standard InChI is InChI=1S/C11H16Se/c1-3-10(4-2)12-11-8-6-5-7-9-11/h5-10H,3-4H2,1-2H3. The van der Waals surface area contributed by atoms with Crippen molar-refractivity contribution in [3.8, 4) is 0 Å². The Balaban J connectivity index is 2.51. The van der Waals surface area contributed by atoms with Gasteiger partial charge in [0.05, 0.1) is 0 Å². The van der Waals surface area contributed by atoms with Crippen LogP contribution in [0, 0.1) is 0 Å². The van der Waals surface area contributed by atoms with E-state index in [1.54, 1.807) is 4.46 Å². The quantitative estimate of drug-likeness (QED) is 0.694. The van der Waals surface area contributed by atoms with Gasteiger partial charge >= 0.3 is 81.3 Å². The van der Waals surface area contributed by atoms with E-state index in [4.69, 9.17) is 0 Å². The van der Waals surface area contributed by atoms with Crippen LogP contribution in [0.4, 0.5) is 0 Å². The molecule has 0 saturated heterocycles. The van der Waals surface area contributed by atoms with E-state index in [1.807, 2.05) is 0 Å². The van der Waals surface area contributed by atoms with Crippen molar-refractivity contribution >= 4 is 19.4 Å². The van der Waals surface area contributed by atoms with E-state index in [9.17, 15) is 0 Å². The van der Waals surface area contributed by atoms with E-state index in [1.165, 1.54) is 12.8 Å². The Morgan fingerprint density at radius 2 is 1.67 bits per heavy atom. The van der Waals surface area contributed by atoms with Gasteiger partial charge in [-0.1, -0.05) is 0 Å². The van der Waals surface area contributed by atoms with Crippen LogP contribution in [0.3, 0.4) is 0 Å². The fraction of sp³-hybridized carbons (Fsp3) is 0.455. The van der Waals surface area contributed by atoms with Gasteiger partial charge in [0.1, 0.15) is 0 Å². The molecule has 0 radical (unpaired) electrons. The first-order valence-corrected chi connectivity index (χ1v) is 6.43. The third-order valence-electron chi connectivity index (χ3n) is 1.96. The van der Waals surface area contributed by atoms with Gasteiger partial charge in [-0.3, -0.25) is 0 Å². The molecule has 0 bridgehead atoms. The van der Waals surface area contributed by atoms with Crippen LogP contribution in [0.25, 0.3) is 0 Å². The second kappa shape index (κ2) is 5.40. The zero-order chi connectivity index (χ0) is 8.81. The third kappa shape index (κ3) is 3.00. The molecule has 0 atom stereocenters. The zero-order valence-corrected chi connectivity index (χ0v) is 9.50. The normalized spacial score (nSPS) is 10.6. The van der Waals surface area contributed by atoms with Gasteiger partial charge in [-0.05, 0) is 0 Å². The Hall–Kier alpha value is -0.261. The Morgan fingerprint density at radius 1 is 1.08 bits per heavy atom. The molecule has 0 heterocycles. The van der Waals surface area contributed by atoms with Crippen LogP contribution in [-0.4, -0.2) is 15.0 Å². The molecule has 1 aromatic carbocycles. The molecular formula is C11H16Se. The molecule has 12 heavy (non-hydrogen) atoms. The second-order valence-corrected chi connectivity index (χ2v) is 5.75. The van der Waals surface area contributed by atoms with E-state index in [0.29, 0.717) is 15.0 Å². The fourth-order valence-electron chi connectivity index (χ4n) is 1.15. The van der Waals surface area contributed by atoms with E-state index >= 15 is 0 Å². The summed E-state index contributed by atoms with van der Waals surface area (Å²) >= 11 is 0.685. The maximum atomic E-state index is 2.29. The average molecular weight is 227 g/mol. The maximum absolute atomic E-state index is 2.29. The van der Waals surface area contributed by atoms with Crippen molar-refractivity contribution < 1.29 is 0 Å². The van der Waals surface area contributed by atoms with Crippen molar-refractivity contribution in [1.29, 1.82) is 0 Å². The molecular weight excluding hydrogens is 211 g/mol. The first kappa shape index (κ1) is 9.82. The molecule has 0 amide bonds. The first-order valence-electron chi connectivity index (χ1n) is 4.58. The van der Waals surface area contributed by atoms with Gasteiger partial charge in [-0.15, -0.1) is 0 Å². The van der Waals surface area contributed by atoms with Crippen LogP contribution >= 0.6 is 0 Å². The molecule has 0 aliphatic carbocycles. The van der Waals surface area contributed by atoms with E-state index < -0.39 is 0 Å². The van der Waals surface area contributed by atoms with Crippen LogP contribution < -0.4 is 4.46 Å². The molecule has 0 spiro atoms. The van der Waals surface area contributed by atoms with Crippen molar-refractivity contribution in [1.82, 2.24) is 0 Å². The van der Waals surface area contributed by atoms with Gasteiger partial charge in [0.2, 0.25) is 0 Å². The van der Waals surface area contributed by atoms with Crippen molar-refractivity contribution in [2.24, 2.45) is 0 Å². The topological polar surface area (TPSA) is 0 Å². The Bertz CT molecular complexity index is 202. The Kier molecular flexibility index (Phi) is 4.42. The predicted octanol–water partition coefficient (Wildman–Crippen LogP) is 2.62. The molecule has 1 heteroatoms. The van der Waals surface area contributed by atoms with Crippen LogP contribution in [0.15, 0.2) is 30.3 Å². The SMILES string of the molecule is CCC(CC)[Se]c1ccccc1. The molecule has 0 saturated carbocycles. The Morgan fingerprint density at radius 3 is 2.17 bits per heavy atom. The predicted molar refractivity (Wildman–Crippen MR) is 56.2 cm³/mol. The number of hydrogen-bond donors (Lipinski definition) is 0. The molecule has 0 N–H and O–H groups in total. The second-order valence-electron chi connectivity index (χ2n) is 2.87. The summed E-state index contributed by atoms with van der Waals surface area (Å²) in [7, 11) is 0. The van der Waals surface area contributed by atoms with Crippen LogP contribution in [0.2, 0.25) is 4.82 Å². The fourth-order valence-corrected chi connectivity index (χ4v) is 3.31. The molecule has 0 aliphatic heterocycles. The minimum absolute atomic E-state index is 0.685. The van der Waals surface area contributed by atoms with Crippen molar-refractivity contribution in [2.45, 2.75) is 31.5 Å². The number of benzene rings is 1. The molecule has 0 unspecified atom stereocenters. The van der Waals surface area contributed by atoms with Crippen LogP contribution in [-0.2, 0) is 0 Å². The van der Waals surface area contributed by atoms with Gasteiger partial charge in [0.25, 0.3) is 0 Å². The summed E-state index contributed by atoms with van der Waals surface area (Å²) in [5.41, 5.74) is 0. The van der Waals surface area contributed by atoms with E-state index in [-0.39, 0.29) is 0 Å². The third-order valence-corrected chi connectivity index (χ3v) is 5.20. The molecule has 66 valence electrons. The summed E-state index contributed by atoms with van der Waals surface area (Å²) in [6.45, 7) is 4.58. The first-order chi connectivity index (χ1) is 5.86. The van der Waals surface area contributed by atoms with Gasteiger partial charge in [0.15, 0.2) is 0 Å². The molecule has 0 nitrogen and oxygen atoms in total. The molecule has 0 fully saturated rings. The summed E-state index contributed by atoms with van der Waals surface area (Å²) in [5, 5.41) is 0. The molecule has 0 aromatic heterocycles. The van der Waals surface area contributed by atoms with Gasteiger partial charge in [-0.25, -0.2) is 0 Å².